The molecule has 3 nitrogen and oxygen atoms in total. The van der Waals surface area contributed by atoms with Gasteiger partial charge in [0.25, 0.3) is 5.91 Å². The van der Waals surface area contributed by atoms with Crippen LogP contribution in [0.1, 0.15) is 40.2 Å². The predicted octanol–water partition coefficient (Wildman–Crippen LogP) is 3.95. The van der Waals surface area contributed by atoms with Crippen molar-refractivity contribution in [3.63, 3.8) is 0 Å². The number of rotatable bonds is 5. The highest BCUT2D eigenvalue weighted by Crippen LogP contribution is 2.22. The van der Waals surface area contributed by atoms with Gasteiger partial charge in [0.15, 0.2) is 0 Å². The highest BCUT2D eigenvalue weighted by molar-refractivity contribution is 7.12. The summed E-state index contributed by atoms with van der Waals surface area (Å²) in [5.74, 6) is 0.823. The molecule has 0 unspecified atom stereocenters. The van der Waals surface area contributed by atoms with Crippen LogP contribution in [0.2, 0.25) is 0 Å². The zero-order valence-electron chi connectivity index (χ0n) is 12.0. The van der Waals surface area contributed by atoms with Crippen LogP contribution >= 0.6 is 11.3 Å². The van der Waals surface area contributed by atoms with Crippen LogP contribution in [-0.2, 0) is 0 Å². The van der Waals surface area contributed by atoms with E-state index in [0.29, 0.717) is 0 Å². The molecule has 0 radical (unpaired) electrons. The van der Waals surface area contributed by atoms with Gasteiger partial charge in [-0.1, -0.05) is 19.1 Å². The number of hydrogen-bond donors (Lipinski definition) is 1. The molecule has 0 aliphatic heterocycles. The molecule has 106 valence electrons. The van der Waals surface area contributed by atoms with Gasteiger partial charge in [-0.25, -0.2) is 0 Å². The van der Waals surface area contributed by atoms with E-state index in [9.17, 15) is 4.79 Å². The fraction of sp³-hybridized carbons (Fsp3) is 0.312. The van der Waals surface area contributed by atoms with Crippen LogP contribution in [0.15, 0.2) is 35.7 Å². The SMILES string of the molecule is CC[C@H](NC(=O)c1sccc1C)c1ccc(OC)cc1. The second kappa shape index (κ2) is 6.57. The zero-order chi connectivity index (χ0) is 14.5. The first-order chi connectivity index (χ1) is 9.65. The topological polar surface area (TPSA) is 38.3 Å². The maximum absolute atomic E-state index is 12.3. The number of carbonyl (C=O) groups excluding carboxylic acids is 1. The first kappa shape index (κ1) is 14.6. The van der Waals surface area contributed by atoms with E-state index in [4.69, 9.17) is 4.74 Å². The third-order valence-electron chi connectivity index (χ3n) is 3.30. The largest absolute Gasteiger partial charge is 0.497 e. The number of carbonyl (C=O) groups is 1. The Morgan fingerprint density at radius 2 is 2.00 bits per heavy atom. The number of ether oxygens (including phenoxy) is 1. The Morgan fingerprint density at radius 3 is 2.50 bits per heavy atom. The van der Waals surface area contributed by atoms with E-state index in [0.717, 1.165) is 28.2 Å². The van der Waals surface area contributed by atoms with E-state index in [-0.39, 0.29) is 11.9 Å². The number of thiophene rings is 1. The predicted molar refractivity (Wildman–Crippen MR) is 82.5 cm³/mol. The van der Waals surface area contributed by atoms with Crippen molar-refractivity contribution in [2.45, 2.75) is 26.3 Å². The first-order valence-corrected chi connectivity index (χ1v) is 7.52. The van der Waals surface area contributed by atoms with Gasteiger partial charge in [-0.3, -0.25) is 4.79 Å². The van der Waals surface area contributed by atoms with Crippen molar-refractivity contribution in [1.82, 2.24) is 5.32 Å². The monoisotopic (exact) mass is 289 g/mol. The molecule has 1 aromatic heterocycles. The summed E-state index contributed by atoms with van der Waals surface area (Å²) >= 11 is 1.48. The highest BCUT2D eigenvalue weighted by Gasteiger charge is 2.16. The Labute approximate surface area is 123 Å². The molecular weight excluding hydrogens is 270 g/mol. The maximum Gasteiger partial charge on any atom is 0.262 e. The molecule has 0 aliphatic rings. The summed E-state index contributed by atoms with van der Waals surface area (Å²) in [5.41, 5.74) is 2.12. The van der Waals surface area contributed by atoms with Gasteiger partial charge in [-0.2, -0.15) is 0 Å². The molecule has 0 aliphatic carbocycles. The summed E-state index contributed by atoms with van der Waals surface area (Å²) in [7, 11) is 1.65. The number of nitrogens with one attached hydrogen (secondary N) is 1. The van der Waals surface area contributed by atoms with E-state index in [1.807, 2.05) is 42.6 Å². The number of hydrogen-bond acceptors (Lipinski definition) is 3. The summed E-state index contributed by atoms with van der Waals surface area (Å²) in [6, 6.07) is 9.81. The normalized spacial score (nSPS) is 11.9. The van der Waals surface area contributed by atoms with Gasteiger partial charge in [0.05, 0.1) is 18.0 Å². The van der Waals surface area contributed by atoms with Crippen LogP contribution in [0.25, 0.3) is 0 Å². The Hall–Kier alpha value is -1.81. The van der Waals surface area contributed by atoms with Crippen molar-refractivity contribution in [2.75, 3.05) is 7.11 Å². The van der Waals surface area contributed by atoms with Gasteiger partial charge in [0.2, 0.25) is 0 Å². The Kier molecular flexibility index (Phi) is 4.79. The van der Waals surface area contributed by atoms with Gasteiger partial charge in [-0.05, 0) is 48.1 Å². The minimum absolute atomic E-state index is 0.000156. The van der Waals surface area contributed by atoms with Crippen LogP contribution in [0, 0.1) is 6.92 Å². The van der Waals surface area contributed by atoms with Crippen molar-refractivity contribution < 1.29 is 9.53 Å². The van der Waals surface area contributed by atoms with Crippen molar-refractivity contribution in [3.05, 3.63) is 51.7 Å². The van der Waals surface area contributed by atoms with Crippen LogP contribution in [0.5, 0.6) is 5.75 Å². The average molecular weight is 289 g/mol. The number of benzene rings is 1. The quantitative estimate of drug-likeness (QED) is 0.905. The van der Waals surface area contributed by atoms with Crippen LogP contribution in [0.4, 0.5) is 0 Å². The number of aryl methyl sites for hydroxylation is 1. The molecule has 1 N–H and O–H groups in total. The molecule has 0 saturated heterocycles. The molecule has 0 fully saturated rings. The van der Waals surface area contributed by atoms with E-state index < -0.39 is 0 Å². The van der Waals surface area contributed by atoms with Gasteiger partial charge in [-0.15, -0.1) is 11.3 Å². The second-order valence-corrected chi connectivity index (χ2v) is 5.56. The van der Waals surface area contributed by atoms with Gasteiger partial charge in [0, 0.05) is 0 Å². The zero-order valence-corrected chi connectivity index (χ0v) is 12.8. The lowest BCUT2D eigenvalue weighted by Gasteiger charge is -2.17. The number of amides is 1. The van der Waals surface area contributed by atoms with Crippen molar-refractivity contribution in [3.8, 4) is 5.75 Å². The molecule has 20 heavy (non-hydrogen) atoms. The third kappa shape index (κ3) is 3.20. The van der Waals surface area contributed by atoms with Gasteiger partial charge in [0.1, 0.15) is 5.75 Å². The van der Waals surface area contributed by atoms with Crippen LogP contribution in [-0.4, -0.2) is 13.0 Å². The summed E-state index contributed by atoms with van der Waals surface area (Å²) < 4.78 is 5.15. The molecule has 2 aromatic rings. The molecule has 0 bridgehead atoms. The fourth-order valence-electron chi connectivity index (χ4n) is 2.09. The van der Waals surface area contributed by atoms with E-state index >= 15 is 0 Å². The molecule has 1 atom stereocenters. The maximum atomic E-state index is 12.3. The molecule has 4 heteroatoms. The molecule has 2 rings (SSSR count). The van der Waals surface area contributed by atoms with Crippen molar-refractivity contribution in [2.24, 2.45) is 0 Å². The fourth-order valence-corrected chi connectivity index (χ4v) is 2.91. The molecular formula is C16H19NO2S. The molecule has 1 aromatic carbocycles. The summed E-state index contributed by atoms with van der Waals surface area (Å²) in [4.78, 5) is 13.1. The van der Waals surface area contributed by atoms with Crippen LogP contribution in [0.3, 0.4) is 0 Å². The summed E-state index contributed by atoms with van der Waals surface area (Å²) in [5, 5.41) is 5.04. The third-order valence-corrected chi connectivity index (χ3v) is 4.32. The standard InChI is InChI=1S/C16H19NO2S/c1-4-14(12-5-7-13(19-3)8-6-12)17-16(18)15-11(2)9-10-20-15/h5-10,14H,4H2,1-3H3,(H,17,18)/t14-/m0/s1. The molecule has 1 heterocycles. The smallest absolute Gasteiger partial charge is 0.262 e. The van der Waals surface area contributed by atoms with E-state index in [2.05, 4.69) is 12.2 Å². The first-order valence-electron chi connectivity index (χ1n) is 6.64. The summed E-state index contributed by atoms with van der Waals surface area (Å²) in [6.07, 6.45) is 0.850. The van der Waals surface area contributed by atoms with Gasteiger partial charge >= 0.3 is 0 Å². The average Bonchev–Trinajstić information content (AvgIpc) is 2.91. The van der Waals surface area contributed by atoms with Crippen molar-refractivity contribution >= 4 is 17.2 Å². The van der Waals surface area contributed by atoms with E-state index in [1.54, 1.807) is 7.11 Å². The van der Waals surface area contributed by atoms with E-state index in [1.165, 1.54) is 11.3 Å². The highest BCUT2D eigenvalue weighted by atomic mass is 32.1. The lowest BCUT2D eigenvalue weighted by Crippen LogP contribution is -2.27. The van der Waals surface area contributed by atoms with Crippen LogP contribution < -0.4 is 10.1 Å². The lowest BCUT2D eigenvalue weighted by atomic mass is 10.0. The Morgan fingerprint density at radius 1 is 1.30 bits per heavy atom. The minimum atomic E-state index is 0.000156. The molecule has 0 spiro atoms. The van der Waals surface area contributed by atoms with Crippen molar-refractivity contribution in [1.29, 1.82) is 0 Å². The molecule has 1 amide bonds. The molecule has 0 saturated carbocycles. The minimum Gasteiger partial charge on any atom is -0.497 e. The Balaban J connectivity index is 2.12. The van der Waals surface area contributed by atoms with Gasteiger partial charge < -0.3 is 10.1 Å². The second-order valence-electron chi connectivity index (χ2n) is 4.64. The Bertz CT molecular complexity index is 574. The lowest BCUT2D eigenvalue weighted by molar-refractivity contribution is 0.0939. The summed E-state index contributed by atoms with van der Waals surface area (Å²) in [6.45, 7) is 4.02. The number of methoxy groups -OCH3 is 1.